The Labute approximate surface area is 161 Å². The van der Waals surface area contributed by atoms with Crippen LogP contribution in [-0.2, 0) is 0 Å². The van der Waals surface area contributed by atoms with E-state index in [9.17, 15) is 4.39 Å². The lowest BCUT2D eigenvalue weighted by Gasteiger charge is -2.35. The summed E-state index contributed by atoms with van der Waals surface area (Å²) in [5.74, 6) is -0.622. The lowest BCUT2D eigenvalue weighted by Crippen LogP contribution is -2.32. The minimum Gasteiger partial charge on any atom is -0.239 e. The van der Waals surface area contributed by atoms with Crippen LogP contribution in [0.4, 0.5) is 8.78 Å². The topological polar surface area (TPSA) is 0 Å². The summed E-state index contributed by atoms with van der Waals surface area (Å²) in [6.45, 7) is 4.08. The summed E-state index contributed by atoms with van der Waals surface area (Å²) < 4.78 is 30.1. The third-order valence-electron chi connectivity index (χ3n) is 5.77. The third-order valence-corrected chi connectivity index (χ3v) is 5.77. The predicted octanol–water partition coefficient (Wildman–Crippen LogP) is 7.92. The van der Waals surface area contributed by atoms with Gasteiger partial charge in [0.25, 0.3) is 0 Å². The maximum Gasteiger partial charge on any atom is 0.161 e. The highest BCUT2D eigenvalue weighted by molar-refractivity contribution is 5.79. The van der Waals surface area contributed by atoms with Gasteiger partial charge in [0.2, 0.25) is 0 Å². The second-order valence-corrected chi connectivity index (χ2v) is 7.44. The van der Waals surface area contributed by atoms with Crippen molar-refractivity contribution in [1.82, 2.24) is 0 Å². The minimum absolute atomic E-state index is 0.377. The molecule has 27 heavy (non-hydrogen) atoms. The van der Waals surface area contributed by atoms with E-state index in [-0.39, 0.29) is 0 Å². The molecule has 142 valence electrons. The maximum absolute atomic E-state index is 15.1. The Kier molecular flexibility index (Phi) is 6.26. The van der Waals surface area contributed by atoms with Crippen LogP contribution in [0.2, 0.25) is 0 Å². The van der Waals surface area contributed by atoms with Gasteiger partial charge in [-0.25, -0.2) is 8.78 Å². The van der Waals surface area contributed by atoms with E-state index in [0.717, 1.165) is 36.0 Å². The van der Waals surface area contributed by atoms with Crippen molar-refractivity contribution in [2.45, 2.75) is 52.1 Å². The fourth-order valence-corrected chi connectivity index (χ4v) is 3.90. The molecule has 2 unspecified atom stereocenters. The van der Waals surface area contributed by atoms with Crippen LogP contribution >= 0.6 is 0 Å². The van der Waals surface area contributed by atoms with Crippen LogP contribution in [0.15, 0.2) is 72.6 Å². The van der Waals surface area contributed by atoms with Crippen LogP contribution in [0.3, 0.4) is 0 Å². The van der Waals surface area contributed by atoms with E-state index < -0.39 is 17.4 Å². The summed E-state index contributed by atoms with van der Waals surface area (Å²) >= 11 is 0. The van der Waals surface area contributed by atoms with Gasteiger partial charge in [0.15, 0.2) is 6.17 Å². The van der Waals surface area contributed by atoms with Gasteiger partial charge in [0.1, 0.15) is 5.83 Å². The van der Waals surface area contributed by atoms with E-state index >= 15 is 4.39 Å². The van der Waals surface area contributed by atoms with Crippen LogP contribution in [0.1, 0.15) is 51.5 Å². The second kappa shape index (κ2) is 8.65. The molecule has 0 amide bonds. The molecule has 0 aromatic heterocycles. The lowest BCUT2D eigenvalue weighted by atomic mass is 9.71. The average Bonchev–Trinajstić information content (AvgIpc) is 2.72. The maximum atomic E-state index is 15.1. The van der Waals surface area contributed by atoms with Crippen LogP contribution in [0.25, 0.3) is 16.7 Å². The highest BCUT2D eigenvalue weighted by atomic mass is 19.2. The molecule has 0 bridgehead atoms. The molecular formula is C25H28F2. The summed E-state index contributed by atoms with van der Waals surface area (Å²) in [7, 11) is 0. The Bertz CT molecular complexity index is 802. The predicted molar refractivity (Wildman–Crippen MR) is 111 cm³/mol. The van der Waals surface area contributed by atoms with Crippen molar-refractivity contribution in [3.8, 4) is 11.1 Å². The molecule has 0 nitrogen and oxygen atoms in total. The number of unbranched alkanes of at least 4 members (excludes halogenated alkanes) is 2. The average molecular weight is 366 g/mol. The van der Waals surface area contributed by atoms with E-state index in [0.29, 0.717) is 18.4 Å². The van der Waals surface area contributed by atoms with E-state index in [1.165, 1.54) is 0 Å². The standard InChI is InChI=1S/C25H28F2/c1-3-5-9-17-25(4-2)18-16-22(23(26)24(25)27)21-14-12-20(13-15-21)19-10-7-6-8-11-19/h6-8,10-16,18,24H,3-5,9,17H2,1-2H3. The molecule has 2 heteroatoms. The van der Waals surface area contributed by atoms with E-state index in [1.807, 2.05) is 67.6 Å². The monoisotopic (exact) mass is 366 g/mol. The largest absolute Gasteiger partial charge is 0.239 e. The zero-order valence-electron chi connectivity index (χ0n) is 16.2. The van der Waals surface area contributed by atoms with E-state index in [1.54, 1.807) is 6.08 Å². The molecule has 0 aliphatic heterocycles. The molecule has 0 heterocycles. The van der Waals surface area contributed by atoms with Gasteiger partial charge in [0, 0.05) is 11.0 Å². The lowest BCUT2D eigenvalue weighted by molar-refractivity contribution is 0.140. The number of hydrogen-bond donors (Lipinski definition) is 0. The van der Waals surface area contributed by atoms with Crippen LogP contribution in [0, 0.1) is 5.41 Å². The van der Waals surface area contributed by atoms with Gasteiger partial charge >= 0.3 is 0 Å². The van der Waals surface area contributed by atoms with Gasteiger partial charge < -0.3 is 0 Å². The Morgan fingerprint density at radius 2 is 1.48 bits per heavy atom. The van der Waals surface area contributed by atoms with Crippen molar-refractivity contribution in [3.05, 3.63) is 78.1 Å². The van der Waals surface area contributed by atoms with Gasteiger partial charge in [-0.1, -0.05) is 99.9 Å². The molecule has 0 spiro atoms. The molecular weight excluding hydrogens is 338 g/mol. The third kappa shape index (κ3) is 4.05. The first-order valence-electron chi connectivity index (χ1n) is 10.00. The van der Waals surface area contributed by atoms with Gasteiger partial charge in [-0.2, -0.15) is 0 Å². The molecule has 1 aliphatic carbocycles. The van der Waals surface area contributed by atoms with Crippen molar-refractivity contribution < 1.29 is 8.78 Å². The summed E-state index contributed by atoms with van der Waals surface area (Å²) in [5.41, 5.74) is 2.58. The minimum atomic E-state index is -1.56. The zero-order valence-corrected chi connectivity index (χ0v) is 16.2. The summed E-state index contributed by atoms with van der Waals surface area (Å²) in [6, 6.07) is 17.7. The Balaban J connectivity index is 1.84. The Morgan fingerprint density at radius 3 is 2.11 bits per heavy atom. The number of halogens is 2. The number of allylic oxidation sites excluding steroid dienone is 4. The molecule has 2 aromatic carbocycles. The van der Waals surface area contributed by atoms with Crippen molar-refractivity contribution in [3.63, 3.8) is 0 Å². The molecule has 2 atom stereocenters. The fourth-order valence-electron chi connectivity index (χ4n) is 3.90. The molecule has 0 fully saturated rings. The van der Waals surface area contributed by atoms with Gasteiger partial charge in [-0.05, 0) is 29.5 Å². The molecule has 0 saturated heterocycles. The molecule has 0 radical (unpaired) electrons. The summed E-state index contributed by atoms with van der Waals surface area (Å²) in [6.07, 6.45) is 6.52. The van der Waals surface area contributed by atoms with Crippen molar-refractivity contribution in [2.24, 2.45) is 5.41 Å². The SMILES string of the molecule is CCCCCC1(CC)C=CC(c2ccc(-c3ccccc3)cc2)=C(F)C1F. The summed E-state index contributed by atoms with van der Waals surface area (Å²) in [4.78, 5) is 0. The number of rotatable bonds is 7. The highest BCUT2D eigenvalue weighted by Gasteiger charge is 2.41. The van der Waals surface area contributed by atoms with Gasteiger partial charge in [-0.3, -0.25) is 0 Å². The molecule has 0 saturated carbocycles. The summed E-state index contributed by atoms with van der Waals surface area (Å²) in [5, 5.41) is 0. The normalized spacial score (nSPS) is 22.3. The first-order valence-corrected chi connectivity index (χ1v) is 10.00. The molecule has 2 aromatic rings. The van der Waals surface area contributed by atoms with Crippen molar-refractivity contribution in [2.75, 3.05) is 0 Å². The number of hydrogen-bond acceptors (Lipinski definition) is 0. The second-order valence-electron chi connectivity index (χ2n) is 7.44. The smallest absolute Gasteiger partial charge is 0.161 e. The zero-order chi connectivity index (χ0) is 19.3. The Morgan fingerprint density at radius 1 is 0.852 bits per heavy atom. The van der Waals surface area contributed by atoms with Crippen LogP contribution < -0.4 is 0 Å². The first kappa shape index (κ1) is 19.5. The van der Waals surface area contributed by atoms with Crippen molar-refractivity contribution >= 4 is 5.57 Å². The van der Waals surface area contributed by atoms with Gasteiger partial charge in [-0.15, -0.1) is 0 Å². The van der Waals surface area contributed by atoms with Crippen LogP contribution in [-0.4, -0.2) is 6.17 Å². The first-order chi connectivity index (χ1) is 13.1. The molecule has 1 aliphatic rings. The fraction of sp³-hybridized carbons (Fsp3) is 0.360. The highest BCUT2D eigenvalue weighted by Crippen LogP contribution is 2.46. The molecule has 0 N–H and O–H groups in total. The van der Waals surface area contributed by atoms with Crippen LogP contribution in [0.5, 0.6) is 0 Å². The van der Waals surface area contributed by atoms with E-state index in [4.69, 9.17) is 0 Å². The number of alkyl halides is 1. The molecule has 3 rings (SSSR count). The van der Waals surface area contributed by atoms with E-state index in [2.05, 4.69) is 6.92 Å². The Hall–Kier alpha value is -2.22. The number of benzene rings is 2. The van der Waals surface area contributed by atoms with Crippen molar-refractivity contribution in [1.29, 1.82) is 0 Å². The van der Waals surface area contributed by atoms with Gasteiger partial charge in [0.05, 0.1) is 0 Å². The quantitative estimate of drug-likeness (QED) is 0.437.